The second-order valence-electron chi connectivity index (χ2n) is 2.74. The van der Waals surface area contributed by atoms with Gasteiger partial charge < -0.3 is 0 Å². The van der Waals surface area contributed by atoms with Crippen molar-refractivity contribution in [1.29, 1.82) is 0 Å². The van der Waals surface area contributed by atoms with E-state index in [-0.39, 0.29) is 0 Å². The fourth-order valence-corrected chi connectivity index (χ4v) is 1.29. The Balaban J connectivity index is 1.86. The van der Waals surface area contributed by atoms with Crippen LogP contribution in [0.4, 0.5) is 0 Å². The third-order valence-corrected chi connectivity index (χ3v) is 2.00. The van der Waals surface area contributed by atoms with E-state index in [4.69, 9.17) is 0 Å². The molecule has 8 heavy (non-hydrogen) atoms. The van der Waals surface area contributed by atoms with Crippen LogP contribution in [0.5, 0.6) is 0 Å². The second-order valence-corrected chi connectivity index (χ2v) is 2.74. The molecule has 1 unspecified atom stereocenters. The Bertz CT molecular complexity index is 82.5. The molecule has 0 aromatic rings. The smallest absolute Gasteiger partial charge is 0.0319 e. The summed E-state index contributed by atoms with van der Waals surface area (Å²) in [4.78, 5) is 0. The van der Waals surface area contributed by atoms with Crippen LogP contribution in [0.3, 0.4) is 0 Å². The van der Waals surface area contributed by atoms with Crippen LogP contribution in [0, 0.1) is 5.92 Å². The van der Waals surface area contributed by atoms with Crippen LogP contribution in [0.15, 0.2) is 0 Å². The van der Waals surface area contributed by atoms with Crippen molar-refractivity contribution in [1.82, 2.24) is 10.9 Å². The summed E-state index contributed by atoms with van der Waals surface area (Å²) in [6, 6.07) is 0.759. The summed E-state index contributed by atoms with van der Waals surface area (Å²) in [5.41, 5.74) is 7.22. The van der Waals surface area contributed by atoms with E-state index in [0.717, 1.165) is 18.5 Å². The molecule has 2 rings (SSSR count). The summed E-state index contributed by atoms with van der Waals surface area (Å²) in [5.74, 6) is 0.987. The largest absolute Gasteiger partial charge is 0.237 e. The van der Waals surface area contributed by atoms with Gasteiger partial charge in [0.2, 0.25) is 0 Å². The molecule has 1 aliphatic carbocycles. The lowest BCUT2D eigenvalue weighted by molar-refractivity contribution is 0.499. The molecule has 2 nitrogen and oxygen atoms in total. The van der Waals surface area contributed by atoms with Crippen LogP contribution >= 0.6 is 0 Å². The Hall–Kier alpha value is -0.0800. The number of hydrogen-bond acceptors (Lipinski definition) is 1. The first-order chi connectivity index (χ1) is 3.97. The summed E-state index contributed by atoms with van der Waals surface area (Å²) in [7, 11) is 0. The molecule has 1 heterocycles. The highest BCUT2D eigenvalue weighted by Crippen LogP contribution is 2.34. The summed E-state index contributed by atoms with van der Waals surface area (Å²) in [5, 5.41) is 0. The van der Waals surface area contributed by atoms with E-state index in [9.17, 15) is 0 Å². The highest BCUT2D eigenvalue weighted by Gasteiger charge is 2.32. The molecule has 0 amide bonds. The molecule has 1 saturated carbocycles. The van der Waals surface area contributed by atoms with Crippen LogP contribution in [-0.4, -0.2) is 12.6 Å². The Morgan fingerprint density at radius 3 is 2.62 bits per heavy atom. The minimum atomic E-state index is 0.759. The van der Waals surface area contributed by atoms with Crippen molar-refractivity contribution in [3.8, 4) is 0 Å². The fraction of sp³-hybridized carbons (Fsp3) is 1.00. The second kappa shape index (κ2) is 1.71. The molecule has 2 aliphatic rings. The first-order valence-corrected chi connectivity index (χ1v) is 3.39. The zero-order valence-electron chi connectivity index (χ0n) is 4.93. The van der Waals surface area contributed by atoms with Crippen molar-refractivity contribution in [3.63, 3.8) is 0 Å². The molecular weight excluding hydrogens is 100 g/mol. The molecule has 1 saturated heterocycles. The van der Waals surface area contributed by atoms with Crippen LogP contribution in [-0.2, 0) is 0 Å². The molecule has 1 atom stereocenters. The van der Waals surface area contributed by atoms with E-state index in [1.54, 1.807) is 0 Å². The Labute approximate surface area is 49.6 Å². The van der Waals surface area contributed by atoms with Crippen LogP contribution in [0.2, 0.25) is 0 Å². The number of rotatable bonds is 1. The lowest BCUT2D eigenvalue weighted by atomic mass is 10.1. The van der Waals surface area contributed by atoms with Gasteiger partial charge in [0.05, 0.1) is 0 Å². The predicted molar refractivity (Wildman–Crippen MR) is 31.3 cm³/mol. The van der Waals surface area contributed by atoms with E-state index in [1.165, 1.54) is 19.3 Å². The normalized spacial score (nSPS) is 38.2. The van der Waals surface area contributed by atoms with E-state index in [1.807, 2.05) is 0 Å². The number of hydrogen-bond donors (Lipinski definition) is 1. The molecule has 2 heteroatoms. The van der Waals surface area contributed by atoms with Gasteiger partial charge in [-0.25, -0.2) is 5.43 Å². The molecule has 1 aliphatic heterocycles. The standard InChI is InChI=1S/C6H11N2/c1-2-5(1)6-3-4-7-8-6/h5-6,8H,1-4H2. The van der Waals surface area contributed by atoms with Crippen molar-refractivity contribution in [3.05, 3.63) is 0 Å². The maximum Gasteiger partial charge on any atom is 0.0319 e. The average Bonchev–Trinajstić information content (AvgIpc) is 2.49. The van der Waals surface area contributed by atoms with Gasteiger partial charge in [-0.2, -0.15) is 5.43 Å². The van der Waals surface area contributed by atoms with Gasteiger partial charge in [0, 0.05) is 12.6 Å². The molecule has 45 valence electrons. The summed E-state index contributed by atoms with van der Waals surface area (Å²) in [6.07, 6.45) is 4.16. The highest BCUT2D eigenvalue weighted by atomic mass is 15.4. The van der Waals surface area contributed by atoms with E-state index in [0.29, 0.717) is 0 Å². The summed E-state index contributed by atoms with van der Waals surface area (Å²) in [6.45, 7) is 1.04. The lowest BCUT2D eigenvalue weighted by Crippen LogP contribution is -2.26. The first kappa shape index (κ1) is 4.77. The Morgan fingerprint density at radius 2 is 2.12 bits per heavy atom. The first-order valence-electron chi connectivity index (χ1n) is 3.39. The molecule has 0 bridgehead atoms. The molecule has 0 spiro atoms. The molecule has 1 N–H and O–H groups in total. The van der Waals surface area contributed by atoms with Gasteiger partial charge in [0.25, 0.3) is 0 Å². The molecule has 2 fully saturated rings. The van der Waals surface area contributed by atoms with Gasteiger partial charge in [-0.05, 0) is 25.2 Å². The predicted octanol–water partition coefficient (Wildman–Crippen LogP) is 0.278. The van der Waals surface area contributed by atoms with Crippen molar-refractivity contribution in [2.75, 3.05) is 6.54 Å². The maximum absolute atomic E-state index is 4.08. The molecule has 1 radical (unpaired) electrons. The van der Waals surface area contributed by atoms with E-state index in [2.05, 4.69) is 10.9 Å². The monoisotopic (exact) mass is 111 g/mol. The van der Waals surface area contributed by atoms with Gasteiger partial charge in [0.1, 0.15) is 0 Å². The van der Waals surface area contributed by atoms with Crippen LogP contribution in [0.1, 0.15) is 19.3 Å². The third kappa shape index (κ3) is 0.740. The van der Waals surface area contributed by atoms with Gasteiger partial charge >= 0.3 is 0 Å². The lowest BCUT2D eigenvalue weighted by Gasteiger charge is -2.03. The topological polar surface area (TPSA) is 26.1 Å². The van der Waals surface area contributed by atoms with E-state index >= 15 is 0 Å². The Kier molecular flexibility index (Phi) is 1.02. The highest BCUT2D eigenvalue weighted by molar-refractivity contribution is 4.87. The zero-order valence-corrected chi connectivity index (χ0v) is 4.93. The van der Waals surface area contributed by atoms with Crippen LogP contribution < -0.4 is 10.9 Å². The van der Waals surface area contributed by atoms with Gasteiger partial charge in [0.15, 0.2) is 0 Å². The summed E-state index contributed by atoms with van der Waals surface area (Å²) < 4.78 is 0. The SMILES string of the molecule is C1CC(C2CC2)N[N]1. The summed E-state index contributed by atoms with van der Waals surface area (Å²) >= 11 is 0. The minimum Gasteiger partial charge on any atom is -0.237 e. The fourth-order valence-electron chi connectivity index (χ4n) is 1.29. The van der Waals surface area contributed by atoms with Crippen molar-refractivity contribution in [2.45, 2.75) is 25.3 Å². The Morgan fingerprint density at radius 1 is 1.25 bits per heavy atom. The third-order valence-electron chi connectivity index (χ3n) is 2.00. The van der Waals surface area contributed by atoms with E-state index < -0.39 is 0 Å². The number of nitrogens with zero attached hydrogens (tertiary/aromatic N) is 1. The van der Waals surface area contributed by atoms with Crippen LogP contribution in [0.25, 0.3) is 0 Å². The maximum atomic E-state index is 4.08. The van der Waals surface area contributed by atoms with Gasteiger partial charge in [-0.15, -0.1) is 0 Å². The quantitative estimate of drug-likeness (QED) is 0.516. The molecule has 0 aromatic carbocycles. The van der Waals surface area contributed by atoms with Crippen molar-refractivity contribution < 1.29 is 0 Å². The van der Waals surface area contributed by atoms with Crippen molar-refractivity contribution >= 4 is 0 Å². The van der Waals surface area contributed by atoms with Gasteiger partial charge in [-0.3, -0.25) is 0 Å². The van der Waals surface area contributed by atoms with Crippen molar-refractivity contribution in [2.24, 2.45) is 5.92 Å². The number of nitrogens with one attached hydrogen (secondary N) is 1. The zero-order chi connectivity index (χ0) is 5.40. The minimum absolute atomic E-state index is 0.759. The average molecular weight is 111 g/mol. The molecular formula is C6H11N2. The van der Waals surface area contributed by atoms with Gasteiger partial charge in [-0.1, -0.05) is 0 Å². The molecule has 0 aromatic heterocycles.